The van der Waals surface area contributed by atoms with E-state index < -0.39 is 54.8 Å². The molecule has 2 N–H and O–H groups in total. The quantitative estimate of drug-likeness (QED) is 0.0996. The van der Waals surface area contributed by atoms with Gasteiger partial charge in [0, 0.05) is 24.0 Å². The second-order valence-electron chi connectivity index (χ2n) is 20.5. The maximum absolute atomic E-state index is 13.7. The Morgan fingerprint density at radius 3 is 1.24 bits per heavy atom. The van der Waals surface area contributed by atoms with Gasteiger partial charge in [-0.05, 0) is 116 Å². The molecule has 0 radical (unpaired) electrons. The van der Waals surface area contributed by atoms with Gasteiger partial charge in [0.05, 0.1) is 64.5 Å². The van der Waals surface area contributed by atoms with E-state index in [1.54, 1.807) is 76.5 Å². The number of halogens is 2. The van der Waals surface area contributed by atoms with Crippen LogP contribution in [0.4, 0.5) is 11.4 Å². The molecule has 2 aliphatic rings. The number of imide groups is 2. The predicted octanol–water partition coefficient (Wildman–Crippen LogP) is 10.2. The number of carbonyl (C=O) groups is 4. The lowest BCUT2D eigenvalue weighted by molar-refractivity contribution is -0.672. The van der Waals surface area contributed by atoms with Crippen molar-refractivity contribution in [3.8, 4) is 0 Å². The molecule has 0 aliphatic carbocycles. The minimum atomic E-state index is -4.04. The van der Waals surface area contributed by atoms with E-state index in [9.17, 15) is 36.0 Å². The Balaban J connectivity index is 0.000000209. The molecular weight excluding hydrogens is 984 g/mol. The van der Waals surface area contributed by atoms with E-state index in [0.29, 0.717) is 5.56 Å². The van der Waals surface area contributed by atoms with Crippen molar-refractivity contribution in [1.29, 1.82) is 0 Å². The molecule has 0 fully saturated rings. The third-order valence-corrected chi connectivity index (χ3v) is 16.1. The van der Waals surface area contributed by atoms with Crippen LogP contribution in [0.1, 0.15) is 133 Å². The van der Waals surface area contributed by atoms with Crippen molar-refractivity contribution in [3.05, 3.63) is 176 Å². The van der Waals surface area contributed by atoms with Crippen LogP contribution in [0, 0.1) is 0 Å². The van der Waals surface area contributed by atoms with Crippen LogP contribution in [-0.4, -0.2) is 55.2 Å². The first-order valence-electron chi connectivity index (χ1n) is 22.5. The van der Waals surface area contributed by atoms with Gasteiger partial charge in [0.2, 0.25) is 0 Å². The van der Waals surface area contributed by atoms with Gasteiger partial charge >= 0.3 is 0 Å². The summed E-state index contributed by atoms with van der Waals surface area (Å²) in [5.74, 6) is -2.43. The molecule has 0 saturated heterocycles. The number of pyridine rings is 2. The molecule has 370 valence electrons. The SMILES string of the molecule is CC(C)(C)c1ccc(S(=O)(=O)Nc2ccc(Cl)c3c2C(=O)N(C(C)(C)c2cccnc2)C3=O)cc1.C[n+]1cccc(C(C)(C)N2C(=O)c3c(Cl)ccc(NS(=O)(=O)c4ccc(C(C)(C)C)cc4)c3C2=O)c1. The summed E-state index contributed by atoms with van der Waals surface area (Å²) in [5.41, 5.74) is 0.830. The van der Waals surface area contributed by atoms with Crippen molar-refractivity contribution >= 4 is 78.3 Å². The Labute approximate surface area is 425 Å². The van der Waals surface area contributed by atoms with Crippen LogP contribution < -0.4 is 14.0 Å². The lowest BCUT2D eigenvalue weighted by atomic mass is 9.87. The van der Waals surface area contributed by atoms with Crippen LogP contribution in [0.3, 0.4) is 0 Å². The smallest absolute Gasteiger partial charge is 0.264 e. The third-order valence-electron chi connectivity index (χ3n) is 12.7. The summed E-state index contributed by atoms with van der Waals surface area (Å²) < 4.78 is 59.6. The van der Waals surface area contributed by atoms with E-state index >= 15 is 0 Å². The van der Waals surface area contributed by atoms with E-state index in [4.69, 9.17) is 23.2 Å². The number of amides is 4. The van der Waals surface area contributed by atoms with Crippen LogP contribution in [0.5, 0.6) is 0 Å². The molecule has 0 unspecified atom stereocenters. The van der Waals surface area contributed by atoms with Crippen LogP contribution in [0.2, 0.25) is 10.0 Å². The number of aryl methyl sites for hydroxylation is 1. The number of anilines is 2. The third kappa shape index (κ3) is 9.95. The normalized spacial score (nSPS) is 14.3. The van der Waals surface area contributed by atoms with Crippen molar-refractivity contribution in [2.45, 2.75) is 101 Å². The Kier molecular flexibility index (Phi) is 13.7. The molecule has 0 atom stereocenters. The topological polar surface area (TPSA) is 184 Å². The van der Waals surface area contributed by atoms with Crippen LogP contribution in [-0.2, 0) is 49.0 Å². The Morgan fingerprint density at radius 2 is 0.873 bits per heavy atom. The number of fused-ring (bicyclic) bond motifs is 2. The molecule has 0 saturated carbocycles. The Hall–Kier alpha value is -6.46. The van der Waals surface area contributed by atoms with E-state index in [-0.39, 0.29) is 64.3 Å². The highest BCUT2D eigenvalue weighted by Gasteiger charge is 2.49. The van der Waals surface area contributed by atoms with Gasteiger partial charge < -0.3 is 0 Å². The molecule has 2 aliphatic heterocycles. The maximum Gasteiger partial charge on any atom is 0.264 e. The number of benzene rings is 4. The first-order valence-corrected chi connectivity index (χ1v) is 26.2. The number of hydrogen-bond acceptors (Lipinski definition) is 9. The van der Waals surface area contributed by atoms with Crippen molar-refractivity contribution in [1.82, 2.24) is 14.8 Å². The number of hydrogen-bond donors (Lipinski definition) is 2. The predicted molar refractivity (Wildman–Crippen MR) is 274 cm³/mol. The second-order valence-corrected chi connectivity index (χ2v) is 24.6. The van der Waals surface area contributed by atoms with Crippen molar-refractivity contribution < 1.29 is 40.6 Å². The van der Waals surface area contributed by atoms with Gasteiger partial charge in [0.25, 0.3) is 43.7 Å². The monoisotopic (exact) mass is 1040 g/mol. The van der Waals surface area contributed by atoms with Gasteiger partial charge in [-0.25, -0.2) is 21.4 Å². The van der Waals surface area contributed by atoms with Crippen LogP contribution in [0.25, 0.3) is 0 Å². The van der Waals surface area contributed by atoms with Crippen molar-refractivity contribution in [2.24, 2.45) is 7.05 Å². The summed E-state index contributed by atoms with van der Waals surface area (Å²) in [4.78, 5) is 60.5. The molecule has 4 amide bonds. The summed E-state index contributed by atoms with van der Waals surface area (Å²) in [6.45, 7) is 19.2. The molecule has 6 aromatic rings. The van der Waals surface area contributed by atoms with E-state index in [0.717, 1.165) is 26.5 Å². The second kappa shape index (κ2) is 18.6. The molecule has 18 heteroatoms. The zero-order valence-electron chi connectivity index (χ0n) is 41.2. The number of aromatic nitrogens is 2. The van der Waals surface area contributed by atoms with Gasteiger partial charge in [0.1, 0.15) is 7.05 Å². The average Bonchev–Trinajstić information content (AvgIpc) is 3.74. The minimum Gasteiger partial charge on any atom is -0.279 e. The lowest BCUT2D eigenvalue weighted by Crippen LogP contribution is -2.46. The summed E-state index contributed by atoms with van der Waals surface area (Å²) in [6.07, 6.45) is 6.85. The fraction of sp³-hybridized carbons (Fsp3) is 0.283. The zero-order chi connectivity index (χ0) is 52.4. The van der Waals surface area contributed by atoms with E-state index in [1.807, 2.05) is 77.7 Å². The minimum absolute atomic E-state index is 0.00423. The summed E-state index contributed by atoms with van der Waals surface area (Å²) in [7, 11) is -6.23. The van der Waals surface area contributed by atoms with Crippen LogP contribution in [0.15, 0.2) is 132 Å². The molecule has 14 nitrogen and oxygen atoms in total. The standard InChI is InChI=1S/C27H28ClN3O4S.C26H26ClN3O4S/c1-26(2,3)17-9-11-19(12-10-17)36(34,35)29-21-14-13-20(28)22-23(21)25(33)31(24(22)32)27(4,5)18-8-7-15-30(6)16-18;1-25(2,3)16-8-10-18(11-9-16)35(33,34)29-20-13-12-19(27)21-22(20)24(32)30(23(21)31)26(4,5)17-7-6-14-28-15-17/h7-16H,1-6H3;6-15,29H,1-5H3/p+1. The summed E-state index contributed by atoms with van der Waals surface area (Å²) in [5, 5.41) is 0.151. The molecule has 8 rings (SSSR count). The number of nitrogens with zero attached hydrogens (tertiary/aromatic N) is 4. The number of nitrogens with one attached hydrogen (secondary N) is 2. The molecule has 4 aromatic carbocycles. The molecule has 0 spiro atoms. The lowest BCUT2D eigenvalue weighted by Gasteiger charge is -2.34. The highest BCUT2D eigenvalue weighted by Crippen LogP contribution is 2.43. The highest BCUT2D eigenvalue weighted by molar-refractivity contribution is 7.93. The van der Waals surface area contributed by atoms with Crippen molar-refractivity contribution in [2.75, 3.05) is 9.44 Å². The zero-order valence-corrected chi connectivity index (χ0v) is 44.3. The van der Waals surface area contributed by atoms with Gasteiger partial charge in [-0.1, -0.05) is 95.1 Å². The van der Waals surface area contributed by atoms with Crippen LogP contribution >= 0.6 is 23.2 Å². The molecule has 4 heterocycles. The summed E-state index contributed by atoms with van der Waals surface area (Å²) in [6, 6.07) is 25.9. The Bertz CT molecular complexity index is 3370. The van der Waals surface area contributed by atoms with Crippen molar-refractivity contribution in [3.63, 3.8) is 0 Å². The van der Waals surface area contributed by atoms with Gasteiger partial charge in [-0.3, -0.25) is 43.4 Å². The van der Waals surface area contributed by atoms with Gasteiger partial charge in [-0.15, -0.1) is 0 Å². The molecular formula is C53H55Cl2N6O8S2+. The molecule has 71 heavy (non-hydrogen) atoms. The van der Waals surface area contributed by atoms with E-state index in [1.165, 1.54) is 48.5 Å². The van der Waals surface area contributed by atoms with Gasteiger partial charge in [0.15, 0.2) is 12.4 Å². The van der Waals surface area contributed by atoms with Gasteiger partial charge in [-0.2, -0.15) is 0 Å². The van der Waals surface area contributed by atoms with E-state index in [2.05, 4.69) is 14.4 Å². The highest BCUT2D eigenvalue weighted by atomic mass is 35.5. The molecule has 0 bridgehead atoms. The fourth-order valence-electron chi connectivity index (χ4n) is 8.44. The maximum atomic E-state index is 13.7. The summed E-state index contributed by atoms with van der Waals surface area (Å²) >= 11 is 12.7. The fourth-order valence-corrected chi connectivity index (χ4v) is 11.1. The first-order chi connectivity index (χ1) is 32.9. The number of rotatable bonds is 10. The largest absolute Gasteiger partial charge is 0.279 e. The Morgan fingerprint density at radius 1 is 0.493 bits per heavy atom. The number of sulfonamides is 2. The molecule has 2 aromatic heterocycles. The number of carbonyl (C=O) groups excluding carboxylic acids is 4. The first kappa shape index (κ1) is 52.4. The average molecular weight is 1040 g/mol.